The molecule has 1 saturated heterocycles. The van der Waals surface area contributed by atoms with Crippen LogP contribution in [-0.4, -0.2) is 62.7 Å². The smallest absolute Gasteiger partial charge is 0.387 e. The van der Waals surface area contributed by atoms with Gasteiger partial charge in [-0.2, -0.15) is 8.78 Å². The SMILES string of the molecule is O=C(NC[C@@H](NC(C1CCC1)C1CCC1)C(=O)Nc1ccc(N2CCOCC2=O)cc1OC(F)F)c1ccc(Cl)s1. The molecule has 3 amide bonds. The summed E-state index contributed by atoms with van der Waals surface area (Å²) in [5.41, 5.74) is 0.394. The molecule has 3 fully saturated rings. The van der Waals surface area contributed by atoms with E-state index in [1.807, 2.05) is 0 Å². The molecule has 0 spiro atoms. The molecule has 0 unspecified atom stereocenters. The van der Waals surface area contributed by atoms with Crippen molar-refractivity contribution in [3.63, 3.8) is 0 Å². The van der Waals surface area contributed by atoms with Crippen LogP contribution >= 0.6 is 22.9 Å². The number of ether oxygens (including phenoxy) is 2. The second-order valence-corrected chi connectivity index (χ2v) is 12.3. The molecule has 1 atom stereocenters. The minimum Gasteiger partial charge on any atom is -0.433 e. The summed E-state index contributed by atoms with van der Waals surface area (Å²) < 4.78 is 37.1. The molecule has 0 bridgehead atoms. The van der Waals surface area contributed by atoms with Gasteiger partial charge < -0.3 is 30.3 Å². The standard InChI is InChI=1S/C28H33ClF2N4O5S/c29-23-10-9-22(41-23)27(38)32-14-20(33-25(16-3-1-4-16)17-5-2-6-17)26(37)34-19-8-7-18(13-21(19)40-28(30)31)35-11-12-39-15-24(35)36/h7-10,13,16-17,20,25,28,33H,1-6,11-12,14-15H2,(H,32,38)(H,34,37)/t20-/m1/s1. The minimum atomic E-state index is -3.14. The highest BCUT2D eigenvalue weighted by atomic mass is 35.5. The van der Waals surface area contributed by atoms with Gasteiger partial charge in [-0.25, -0.2) is 0 Å². The molecule has 2 aliphatic carbocycles. The molecule has 3 N–H and O–H groups in total. The second-order valence-electron chi connectivity index (χ2n) is 10.6. The Hall–Kier alpha value is -2.80. The molecule has 13 heteroatoms. The first kappa shape index (κ1) is 29.7. The summed E-state index contributed by atoms with van der Waals surface area (Å²) in [6.45, 7) is -2.68. The summed E-state index contributed by atoms with van der Waals surface area (Å²) in [6, 6.07) is 6.84. The van der Waals surface area contributed by atoms with E-state index in [1.54, 1.807) is 18.2 Å². The molecule has 41 heavy (non-hydrogen) atoms. The Morgan fingerprint density at radius 2 is 1.85 bits per heavy atom. The maximum atomic E-state index is 13.7. The van der Waals surface area contributed by atoms with Gasteiger partial charge in [-0.3, -0.25) is 14.4 Å². The Kier molecular flexibility index (Phi) is 9.74. The van der Waals surface area contributed by atoms with Crippen LogP contribution in [0.3, 0.4) is 0 Å². The molecular weight excluding hydrogens is 578 g/mol. The van der Waals surface area contributed by atoms with Gasteiger partial charge in [0.1, 0.15) is 12.6 Å². The predicted molar refractivity (Wildman–Crippen MR) is 152 cm³/mol. The first-order valence-corrected chi connectivity index (χ1v) is 15.1. The van der Waals surface area contributed by atoms with Crippen LogP contribution in [0.5, 0.6) is 5.75 Å². The van der Waals surface area contributed by atoms with Gasteiger partial charge in [0.05, 0.1) is 21.5 Å². The van der Waals surface area contributed by atoms with Crippen molar-refractivity contribution in [2.24, 2.45) is 11.8 Å². The molecule has 1 aliphatic heterocycles. The Labute approximate surface area is 245 Å². The zero-order valence-corrected chi connectivity index (χ0v) is 23.9. The highest BCUT2D eigenvalue weighted by molar-refractivity contribution is 7.18. The van der Waals surface area contributed by atoms with Crippen molar-refractivity contribution in [1.29, 1.82) is 0 Å². The fourth-order valence-corrected chi connectivity index (χ4v) is 6.38. The van der Waals surface area contributed by atoms with Crippen molar-refractivity contribution in [2.75, 3.05) is 36.5 Å². The average Bonchev–Trinajstić information content (AvgIpc) is 3.31. The first-order chi connectivity index (χ1) is 19.8. The Morgan fingerprint density at radius 3 is 2.44 bits per heavy atom. The van der Waals surface area contributed by atoms with Crippen LogP contribution in [0.2, 0.25) is 4.34 Å². The van der Waals surface area contributed by atoms with Gasteiger partial charge in [-0.05, 0) is 61.8 Å². The summed E-state index contributed by atoms with van der Waals surface area (Å²) in [5, 5.41) is 9.06. The third kappa shape index (κ3) is 7.35. The zero-order valence-electron chi connectivity index (χ0n) is 22.4. The normalized spacial score (nSPS) is 18.7. The summed E-state index contributed by atoms with van der Waals surface area (Å²) in [4.78, 5) is 40.5. The Bertz CT molecular complexity index is 1240. The number of anilines is 2. The van der Waals surface area contributed by atoms with Crippen LogP contribution in [0.1, 0.15) is 48.2 Å². The molecular formula is C28H33ClF2N4O5S. The quantitative estimate of drug-likeness (QED) is 0.323. The number of carbonyl (C=O) groups is 3. The lowest BCUT2D eigenvalue weighted by Gasteiger charge is -2.44. The Morgan fingerprint density at radius 1 is 1.12 bits per heavy atom. The fourth-order valence-electron chi connectivity index (χ4n) is 5.42. The van der Waals surface area contributed by atoms with Gasteiger partial charge >= 0.3 is 6.61 Å². The van der Waals surface area contributed by atoms with E-state index in [9.17, 15) is 23.2 Å². The maximum absolute atomic E-state index is 13.7. The number of amides is 3. The van der Waals surface area contributed by atoms with E-state index >= 15 is 0 Å². The number of thiophene rings is 1. The number of rotatable bonds is 12. The first-order valence-electron chi connectivity index (χ1n) is 13.9. The average molecular weight is 611 g/mol. The van der Waals surface area contributed by atoms with Crippen molar-refractivity contribution < 1.29 is 32.6 Å². The minimum absolute atomic E-state index is 0.0124. The van der Waals surface area contributed by atoms with Crippen LogP contribution in [-0.2, 0) is 14.3 Å². The number of benzene rings is 1. The molecule has 9 nitrogen and oxygen atoms in total. The summed E-state index contributed by atoms with van der Waals surface area (Å²) in [5.74, 6) is -0.521. The number of nitrogens with one attached hydrogen (secondary N) is 3. The van der Waals surface area contributed by atoms with E-state index in [0.29, 0.717) is 33.3 Å². The molecule has 1 aromatic carbocycles. The molecule has 2 aromatic rings. The summed E-state index contributed by atoms with van der Waals surface area (Å²) in [7, 11) is 0. The molecule has 5 rings (SSSR count). The van der Waals surface area contributed by atoms with E-state index in [2.05, 4.69) is 16.0 Å². The number of nitrogens with zero attached hydrogens (tertiary/aromatic N) is 1. The fraction of sp³-hybridized carbons (Fsp3) is 0.536. The molecule has 2 heterocycles. The van der Waals surface area contributed by atoms with Gasteiger partial charge in [0, 0.05) is 30.9 Å². The zero-order chi connectivity index (χ0) is 28.9. The van der Waals surface area contributed by atoms with Crippen LogP contribution in [0.25, 0.3) is 0 Å². The monoisotopic (exact) mass is 610 g/mol. The van der Waals surface area contributed by atoms with Gasteiger partial charge in [0.15, 0.2) is 5.75 Å². The summed E-state index contributed by atoms with van der Waals surface area (Å²) >= 11 is 7.12. The third-order valence-electron chi connectivity index (χ3n) is 8.03. The van der Waals surface area contributed by atoms with E-state index < -0.39 is 18.6 Å². The van der Waals surface area contributed by atoms with Gasteiger partial charge in [-0.15, -0.1) is 11.3 Å². The molecule has 2 saturated carbocycles. The number of hydrogen-bond donors (Lipinski definition) is 3. The molecule has 1 aromatic heterocycles. The second kappa shape index (κ2) is 13.5. The van der Waals surface area contributed by atoms with Crippen molar-refractivity contribution in [2.45, 2.75) is 57.2 Å². The van der Waals surface area contributed by atoms with E-state index in [1.165, 1.54) is 17.0 Å². The van der Waals surface area contributed by atoms with Crippen molar-refractivity contribution in [1.82, 2.24) is 10.6 Å². The lowest BCUT2D eigenvalue weighted by atomic mass is 9.68. The van der Waals surface area contributed by atoms with Gasteiger partial charge in [0.25, 0.3) is 11.8 Å². The highest BCUT2D eigenvalue weighted by Gasteiger charge is 2.38. The lowest BCUT2D eigenvalue weighted by Crippen LogP contribution is -2.57. The van der Waals surface area contributed by atoms with E-state index in [-0.39, 0.29) is 49.0 Å². The molecule has 0 radical (unpaired) electrons. The van der Waals surface area contributed by atoms with Crippen molar-refractivity contribution in [3.05, 3.63) is 39.5 Å². The highest BCUT2D eigenvalue weighted by Crippen LogP contribution is 2.40. The summed E-state index contributed by atoms with van der Waals surface area (Å²) in [6.07, 6.45) is 6.61. The van der Waals surface area contributed by atoms with Crippen LogP contribution in [0, 0.1) is 11.8 Å². The van der Waals surface area contributed by atoms with Crippen LogP contribution < -0.4 is 25.6 Å². The number of alkyl halides is 2. The number of hydrogen-bond acceptors (Lipinski definition) is 7. The Balaban J connectivity index is 1.35. The van der Waals surface area contributed by atoms with E-state index in [4.69, 9.17) is 21.1 Å². The predicted octanol–water partition coefficient (Wildman–Crippen LogP) is 4.66. The van der Waals surface area contributed by atoms with Crippen LogP contribution in [0.4, 0.5) is 20.2 Å². The molecule has 222 valence electrons. The number of carbonyl (C=O) groups excluding carboxylic acids is 3. The largest absolute Gasteiger partial charge is 0.433 e. The van der Waals surface area contributed by atoms with E-state index in [0.717, 1.165) is 49.9 Å². The molecule has 3 aliphatic rings. The lowest BCUT2D eigenvalue weighted by molar-refractivity contribution is -0.125. The topological polar surface area (TPSA) is 109 Å². The number of morpholine rings is 1. The number of halogens is 3. The van der Waals surface area contributed by atoms with Gasteiger partial charge in [0.2, 0.25) is 5.91 Å². The van der Waals surface area contributed by atoms with Crippen LogP contribution in [0.15, 0.2) is 30.3 Å². The van der Waals surface area contributed by atoms with Gasteiger partial charge in [-0.1, -0.05) is 24.4 Å². The van der Waals surface area contributed by atoms with Crippen molar-refractivity contribution >= 4 is 52.0 Å². The van der Waals surface area contributed by atoms with Crippen molar-refractivity contribution in [3.8, 4) is 5.75 Å². The third-order valence-corrected chi connectivity index (χ3v) is 9.26. The maximum Gasteiger partial charge on any atom is 0.387 e.